The maximum absolute atomic E-state index is 13.7. The molecule has 3 aromatic rings. The molecular weight excluding hydrogens is 338 g/mol. The Kier molecular flexibility index (Phi) is 5.17. The third kappa shape index (κ3) is 4.18. The number of aryl methyl sites for hydroxylation is 1. The first kappa shape index (κ1) is 17.5. The number of halogens is 2. The van der Waals surface area contributed by atoms with E-state index >= 15 is 0 Å². The minimum Gasteiger partial charge on any atom is -0.366 e. The van der Waals surface area contributed by atoms with Gasteiger partial charge in [-0.3, -0.25) is 4.79 Å². The zero-order chi connectivity index (χ0) is 18.5. The molecule has 0 aliphatic carbocycles. The minimum atomic E-state index is -0.856. The number of amides is 1. The van der Waals surface area contributed by atoms with Crippen LogP contribution in [-0.2, 0) is 6.54 Å². The van der Waals surface area contributed by atoms with Gasteiger partial charge in [-0.2, -0.15) is 0 Å². The first-order valence-corrected chi connectivity index (χ1v) is 7.90. The molecule has 1 aromatic heterocycles. The van der Waals surface area contributed by atoms with E-state index in [-0.39, 0.29) is 11.4 Å². The third-order valence-corrected chi connectivity index (χ3v) is 3.80. The maximum atomic E-state index is 13.7. The summed E-state index contributed by atoms with van der Waals surface area (Å²) in [5.41, 5.74) is 2.18. The molecule has 3 rings (SSSR count). The van der Waals surface area contributed by atoms with Crippen LogP contribution >= 0.6 is 0 Å². The highest BCUT2D eigenvalue weighted by molar-refractivity contribution is 6.03. The van der Waals surface area contributed by atoms with Crippen molar-refractivity contribution >= 4 is 17.4 Å². The van der Waals surface area contributed by atoms with Gasteiger partial charge in [0.25, 0.3) is 5.91 Å². The normalized spacial score (nSPS) is 10.4. The number of carbonyl (C=O) groups excluding carboxylic acids is 1. The largest absolute Gasteiger partial charge is 0.366 e. The second kappa shape index (κ2) is 7.69. The zero-order valence-electron chi connectivity index (χ0n) is 14.0. The Morgan fingerprint density at radius 3 is 2.65 bits per heavy atom. The molecule has 0 atom stereocenters. The number of aromatic nitrogens is 2. The molecule has 2 N–H and O–H groups in total. The predicted molar refractivity (Wildman–Crippen MR) is 94.8 cm³/mol. The fourth-order valence-electron chi connectivity index (χ4n) is 2.35. The molecule has 0 saturated carbocycles. The molecule has 132 valence electrons. The molecule has 5 nitrogen and oxygen atoms in total. The summed E-state index contributed by atoms with van der Waals surface area (Å²) < 4.78 is 26.6. The molecule has 0 radical (unpaired) electrons. The molecule has 7 heteroatoms. The highest BCUT2D eigenvalue weighted by Crippen LogP contribution is 2.16. The van der Waals surface area contributed by atoms with Gasteiger partial charge in [-0.15, -0.1) is 0 Å². The molecule has 0 aliphatic heterocycles. The lowest BCUT2D eigenvalue weighted by atomic mass is 10.1. The van der Waals surface area contributed by atoms with Crippen LogP contribution in [0.2, 0.25) is 0 Å². The van der Waals surface area contributed by atoms with E-state index in [2.05, 4.69) is 20.6 Å². The van der Waals surface area contributed by atoms with Gasteiger partial charge in [0.05, 0.1) is 5.69 Å². The Balaban J connectivity index is 1.70. The van der Waals surface area contributed by atoms with E-state index in [9.17, 15) is 13.6 Å². The number of nitrogens with zero attached hydrogens (tertiary/aromatic N) is 2. The van der Waals surface area contributed by atoms with Crippen LogP contribution in [0, 0.1) is 18.6 Å². The summed E-state index contributed by atoms with van der Waals surface area (Å²) in [4.78, 5) is 20.2. The van der Waals surface area contributed by atoms with Gasteiger partial charge in [0.2, 0.25) is 0 Å². The highest BCUT2D eigenvalue weighted by Gasteiger charge is 2.12. The van der Waals surface area contributed by atoms with Crippen molar-refractivity contribution in [2.45, 2.75) is 13.5 Å². The van der Waals surface area contributed by atoms with Gasteiger partial charge in [-0.25, -0.2) is 18.7 Å². The molecule has 0 unspecified atom stereocenters. The number of nitrogens with one attached hydrogen (secondary N) is 2. The topological polar surface area (TPSA) is 66.9 Å². The first-order chi connectivity index (χ1) is 12.5. The fraction of sp³-hybridized carbons (Fsp3) is 0.105. The van der Waals surface area contributed by atoms with Crippen LogP contribution in [0.15, 0.2) is 54.9 Å². The summed E-state index contributed by atoms with van der Waals surface area (Å²) in [6.07, 6.45) is 1.25. The molecule has 26 heavy (non-hydrogen) atoms. The molecule has 0 bridgehead atoms. The molecule has 2 aromatic carbocycles. The summed E-state index contributed by atoms with van der Waals surface area (Å²) >= 11 is 0. The second-order valence-electron chi connectivity index (χ2n) is 5.65. The van der Waals surface area contributed by atoms with Crippen LogP contribution in [-0.4, -0.2) is 15.9 Å². The Morgan fingerprint density at radius 2 is 1.88 bits per heavy atom. The van der Waals surface area contributed by atoms with E-state index in [1.807, 2.05) is 31.2 Å². The summed E-state index contributed by atoms with van der Waals surface area (Å²) in [5, 5.41) is 5.49. The Bertz CT molecular complexity index is 946. The molecule has 0 aliphatic rings. The van der Waals surface area contributed by atoms with Crippen molar-refractivity contribution < 1.29 is 13.6 Å². The van der Waals surface area contributed by atoms with E-state index in [1.165, 1.54) is 12.4 Å². The number of benzene rings is 2. The van der Waals surface area contributed by atoms with Crippen LogP contribution < -0.4 is 10.6 Å². The van der Waals surface area contributed by atoms with Crippen LogP contribution in [0.1, 0.15) is 21.6 Å². The van der Waals surface area contributed by atoms with E-state index in [4.69, 9.17) is 0 Å². The number of carbonyl (C=O) groups is 1. The van der Waals surface area contributed by atoms with Gasteiger partial charge in [0.15, 0.2) is 0 Å². The number of hydrogen-bond acceptors (Lipinski definition) is 4. The summed E-state index contributed by atoms with van der Waals surface area (Å²) in [6.45, 7) is 2.55. The first-order valence-electron chi connectivity index (χ1n) is 7.90. The van der Waals surface area contributed by atoms with Gasteiger partial charge in [0, 0.05) is 18.7 Å². The quantitative estimate of drug-likeness (QED) is 0.729. The van der Waals surface area contributed by atoms with Crippen molar-refractivity contribution in [1.29, 1.82) is 0 Å². The SMILES string of the molecule is Cc1ccccc1CNc1cc(C(=O)Nc2ccc(F)cc2F)ncn1. The van der Waals surface area contributed by atoms with Crippen molar-refractivity contribution in [2.75, 3.05) is 10.6 Å². The minimum absolute atomic E-state index is 0.0657. The lowest BCUT2D eigenvalue weighted by Gasteiger charge is -2.09. The van der Waals surface area contributed by atoms with Crippen molar-refractivity contribution in [3.63, 3.8) is 0 Å². The predicted octanol–water partition coefficient (Wildman–Crippen LogP) is 3.93. The van der Waals surface area contributed by atoms with Crippen molar-refractivity contribution in [1.82, 2.24) is 9.97 Å². The van der Waals surface area contributed by atoms with Crippen molar-refractivity contribution in [3.8, 4) is 0 Å². The third-order valence-electron chi connectivity index (χ3n) is 3.80. The van der Waals surface area contributed by atoms with Crippen LogP contribution in [0.25, 0.3) is 0 Å². The molecule has 0 spiro atoms. The van der Waals surface area contributed by atoms with E-state index in [0.717, 1.165) is 23.3 Å². The molecule has 1 amide bonds. The van der Waals surface area contributed by atoms with E-state index in [0.29, 0.717) is 18.4 Å². The van der Waals surface area contributed by atoms with Crippen LogP contribution in [0.3, 0.4) is 0 Å². The van der Waals surface area contributed by atoms with Gasteiger partial charge >= 0.3 is 0 Å². The summed E-state index contributed by atoms with van der Waals surface area (Å²) in [6, 6.07) is 12.3. The maximum Gasteiger partial charge on any atom is 0.274 e. The monoisotopic (exact) mass is 354 g/mol. The van der Waals surface area contributed by atoms with Crippen molar-refractivity contribution in [3.05, 3.63) is 83.3 Å². The smallest absolute Gasteiger partial charge is 0.274 e. The number of hydrogen-bond donors (Lipinski definition) is 2. The zero-order valence-corrected chi connectivity index (χ0v) is 14.0. The lowest BCUT2D eigenvalue weighted by Crippen LogP contribution is -2.15. The highest BCUT2D eigenvalue weighted by atomic mass is 19.1. The van der Waals surface area contributed by atoms with E-state index < -0.39 is 17.5 Å². The summed E-state index contributed by atoms with van der Waals surface area (Å²) in [7, 11) is 0. The standard InChI is InChI=1S/C19H16F2N4O/c1-12-4-2-3-5-13(12)10-22-18-9-17(23-11-24-18)19(26)25-16-7-6-14(20)8-15(16)21/h2-9,11H,10H2,1H3,(H,25,26)(H,22,23,24). The molecule has 0 fully saturated rings. The van der Waals surface area contributed by atoms with Crippen molar-refractivity contribution in [2.24, 2.45) is 0 Å². The molecule has 1 heterocycles. The summed E-state index contributed by atoms with van der Waals surface area (Å²) in [5.74, 6) is -1.72. The van der Waals surface area contributed by atoms with Crippen LogP contribution in [0.4, 0.5) is 20.3 Å². The Morgan fingerprint density at radius 1 is 1.08 bits per heavy atom. The lowest BCUT2D eigenvalue weighted by molar-refractivity contribution is 0.102. The number of anilines is 2. The van der Waals surface area contributed by atoms with Gasteiger partial charge in [-0.05, 0) is 30.2 Å². The second-order valence-corrected chi connectivity index (χ2v) is 5.65. The Labute approximate surface area is 149 Å². The van der Waals surface area contributed by atoms with E-state index in [1.54, 1.807) is 0 Å². The average molecular weight is 354 g/mol. The number of rotatable bonds is 5. The Hall–Kier alpha value is -3.35. The van der Waals surface area contributed by atoms with Gasteiger partial charge in [0.1, 0.15) is 29.5 Å². The average Bonchev–Trinajstić information content (AvgIpc) is 2.63. The van der Waals surface area contributed by atoms with Gasteiger partial charge in [-0.1, -0.05) is 24.3 Å². The van der Waals surface area contributed by atoms with Crippen LogP contribution in [0.5, 0.6) is 0 Å². The van der Waals surface area contributed by atoms with Gasteiger partial charge < -0.3 is 10.6 Å². The fourth-order valence-corrected chi connectivity index (χ4v) is 2.35. The molecular formula is C19H16F2N4O. The molecule has 0 saturated heterocycles.